The maximum absolute atomic E-state index is 6.21. The maximum atomic E-state index is 6.21. The monoisotopic (exact) mass is 301 g/mol. The summed E-state index contributed by atoms with van der Waals surface area (Å²) in [5.74, 6) is 0.647. The molecular formula is C16H28ClNS. The molecule has 110 valence electrons. The Balaban J connectivity index is 2.41. The van der Waals surface area contributed by atoms with E-state index in [1.807, 2.05) is 5.51 Å². The lowest BCUT2D eigenvalue weighted by atomic mass is 9.93. The number of halogens is 1. The molecule has 1 aromatic heterocycles. The van der Waals surface area contributed by atoms with Crippen LogP contribution in [-0.2, 0) is 0 Å². The average Bonchev–Trinajstić information content (AvgIpc) is 2.83. The molecule has 0 fully saturated rings. The Labute approximate surface area is 127 Å². The number of rotatable bonds is 11. The highest BCUT2D eigenvalue weighted by molar-refractivity contribution is 7.10. The summed E-state index contributed by atoms with van der Waals surface area (Å²) in [7, 11) is 0. The third-order valence-electron chi connectivity index (χ3n) is 3.73. The number of unbranched alkanes of at least 4 members (excludes halogenated alkanes) is 6. The van der Waals surface area contributed by atoms with Gasteiger partial charge in [-0.15, -0.1) is 11.3 Å². The first kappa shape index (κ1) is 17.0. The van der Waals surface area contributed by atoms with Gasteiger partial charge in [0.25, 0.3) is 0 Å². The summed E-state index contributed by atoms with van der Waals surface area (Å²) in [5, 5.41) is 0.751. The van der Waals surface area contributed by atoms with Crippen LogP contribution in [0.3, 0.4) is 0 Å². The normalized spacial score (nSPS) is 11.4. The minimum Gasteiger partial charge on any atom is -0.233 e. The number of nitrogens with zero attached hydrogens (tertiary/aromatic N) is 1. The Hall–Kier alpha value is -0.0800. The van der Waals surface area contributed by atoms with E-state index in [0.717, 1.165) is 5.15 Å². The van der Waals surface area contributed by atoms with Crippen molar-refractivity contribution < 1.29 is 0 Å². The molecule has 3 heteroatoms. The molecule has 0 aliphatic heterocycles. The van der Waals surface area contributed by atoms with Gasteiger partial charge in [0.15, 0.2) is 0 Å². The van der Waals surface area contributed by atoms with Crippen LogP contribution >= 0.6 is 22.9 Å². The van der Waals surface area contributed by atoms with Gasteiger partial charge in [-0.2, -0.15) is 0 Å². The second kappa shape index (κ2) is 10.7. The van der Waals surface area contributed by atoms with E-state index in [-0.39, 0.29) is 0 Å². The van der Waals surface area contributed by atoms with E-state index < -0.39 is 0 Å². The van der Waals surface area contributed by atoms with Gasteiger partial charge in [0.2, 0.25) is 0 Å². The summed E-state index contributed by atoms with van der Waals surface area (Å²) >= 11 is 7.96. The van der Waals surface area contributed by atoms with Gasteiger partial charge in [-0.1, -0.05) is 76.8 Å². The Morgan fingerprint density at radius 1 is 1.00 bits per heavy atom. The van der Waals surface area contributed by atoms with Gasteiger partial charge in [-0.3, -0.25) is 0 Å². The van der Waals surface area contributed by atoms with Gasteiger partial charge < -0.3 is 0 Å². The van der Waals surface area contributed by atoms with Crippen LogP contribution in [0.5, 0.6) is 0 Å². The minimum atomic E-state index is 0.647. The zero-order chi connectivity index (χ0) is 13.9. The largest absolute Gasteiger partial charge is 0.233 e. The van der Waals surface area contributed by atoms with Crippen LogP contribution in [0.2, 0.25) is 5.15 Å². The predicted molar refractivity (Wildman–Crippen MR) is 87.4 cm³/mol. The van der Waals surface area contributed by atoms with Crippen molar-refractivity contribution in [2.75, 3.05) is 0 Å². The van der Waals surface area contributed by atoms with Gasteiger partial charge in [-0.05, 0) is 18.8 Å². The smallest absolute Gasteiger partial charge is 0.143 e. The molecule has 0 spiro atoms. The quantitative estimate of drug-likeness (QED) is 0.409. The fourth-order valence-electron chi connectivity index (χ4n) is 2.55. The molecule has 0 aliphatic rings. The lowest BCUT2D eigenvalue weighted by Crippen LogP contribution is -1.98. The highest BCUT2D eigenvalue weighted by Gasteiger charge is 2.16. The lowest BCUT2D eigenvalue weighted by Gasteiger charge is -2.15. The Morgan fingerprint density at radius 3 is 2.00 bits per heavy atom. The van der Waals surface area contributed by atoms with Crippen LogP contribution in [-0.4, -0.2) is 4.98 Å². The van der Waals surface area contributed by atoms with E-state index >= 15 is 0 Å². The van der Waals surface area contributed by atoms with Crippen molar-refractivity contribution in [2.45, 2.75) is 84.0 Å². The Kier molecular flexibility index (Phi) is 9.54. The number of aromatic nitrogens is 1. The average molecular weight is 302 g/mol. The van der Waals surface area contributed by atoms with E-state index in [9.17, 15) is 0 Å². The minimum absolute atomic E-state index is 0.647. The van der Waals surface area contributed by atoms with Crippen LogP contribution < -0.4 is 0 Å². The fourth-order valence-corrected chi connectivity index (χ4v) is 3.79. The van der Waals surface area contributed by atoms with Gasteiger partial charge >= 0.3 is 0 Å². The Morgan fingerprint density at radius 2 is 1.58 bits per heavy atom. The van der Waals surface area contributed by atoms with Crippen LogP contribution in [0.1, 0.15) is 88.9 Å². The van der Waals surface area contributed by atoms with Gasteiger partial charge in [0.1, 0.15) is 5.15 Å². The molecule has 0 radical (unpaired) electrons. The molecule has 0 saturated heterocycles. The number of hydrogen-bond acceptors (Lipinski definition) is 2. The summed E-state index contributed by atoms with van der Waals surface area (Å²) < 4.78 is 0. The van der Waals surface area contributed by atoms with E-state index in [0.29, 0.717) is 5.92 Å². The van der Waals surface area contributed by atoms with E-state index in [1.165, 1.54) is 69.1 Å². The van der Waals surface area contributed by atoms with E-state index in [4.69, 9.17) is 11.6 Å². The molecule has 0 unspecified atom stereocenters. The maximum Gasteiger partial charge on any atom is 0.143 e. The molecule has 1 rings (SSSR count). The first-order valence-electron chi connectivity index (χ1n) is 7.88. The van der Waals surface area contributed by atoms with Crippen LogP contribution in [0.15, 0.2) is 5.51 Å². The number of thiazole rings is 1. The summed E-state index contributed by atoms with van der Waals surface area (Å²) in [6, 6.07) is 0. The molecule has 0 aliphatic carbocycles. The topological polar surface area (TPSA) is 12.9 Å². The summed E-state index contributed by atoms with van der Waals surface area (Å²) in [4.78, 5) is 5.54. The van der Waals surface area contributed by atoms with E-state index in [2.05, 4.69) is 18.8 Å². The third kappa shape index (κ3) is 6.76. The molecule has 1 nitrogen and oxygen atoms in total. The first-order valence-corrected chi connectivity index (χ1v) is 9.14. The van der Waals surface area contributed by atoms with Crippen molar-refractivity contribution in [3.05, 3.63) is 15.5 Å². The number of hydrogen-bond donors (Lipinski definition) is 0. The highest BCUT2D eigenvalue weighted by Crippen LogP contribution is 2.35. The standard InChI is InChI=1S/C16H28ClNS/c1-3-5-7-9-11-14(12-10-8-6-4-2)15-16(17)18-13-19-15/h13-14H,3-12H2,1-2H3. The van der Waals surface area contributed by atoms with Crippen molar-refractivity contribution in [2.24, 2.45) is 0 Å². The SMILES string of the molecule is CCCCCCC(CCCCCC)c1scnc1Cl. The van der Waals surface area contributed by atoms with E-state index in [1.54, 1.807) is 11.3 Å². The molecule has 0 bridgehead atoms. The van der Waals surface area contributed by atoms with Crippen molar-refractivity contribution in [3.63, 3.8) is 0 Å². The molecule has 0 amide bonds. The third-order valence-corrected chi connectivity index (χ3v) is 5.14. The zero-order valence-electron chi connectivity index (χ0n) is 12.5. The summed E-state index contributed by atoms with van der Waals surface area (Å²) in [5.41, 5.74) is 1.89. The molecular weight excluding hydrogens is 274 g/mol. The van der Waals surface area contributed by atoms with Gasteiger partial charge in [0, 0.05) is 4.88 Å². The fraction of sp³-hybridized carbons (Fsp3) is 0.812. The summed E-state index contributed by atoms with van der Waals surface area (Å²) in [6.07, 6.45) is 13.3. The second-order valence-electron chi connectivity index (χ2n) is 5.40. The zero-order valence-corrected chi connectivity index (χ0v) is 14.0. The molecule has 0 saturated carbocycles. The van der Waals surface area contributed by atoms with Crippen LogP contribution in [0.4, 0.5) is 0 Å². The molecule has 0 atom stereocenters. The van der Waals surface area contributed by atoms with Gasteiger partial charge in [0.05, 0.1) is 5.51 Å². The predicted octanol–water partition coefficient (Wildman–Crippen LogP) is 6.82. The van der Waals surface area contributed by atoms with Gasteiger partial charge in [-0.25, -0.2) is 4.98 Å². The highest BCUT2D eigenvalue weighted by atomic mass is 35.5. The molecule has 0 N–H and O–H groups in total. The van der Waals surface area contributed by atoms with Crippen molar-refractivity contribution >= 4 is 22.9 Å². The Bertz CT molecular complexity index is 312. The summed E-state index contributed by atoms with van der Waals surface area (Å²) in [6.45, 7) is 4.53. The second-order valence-corrected chi connectivity index (χ2v) is 6.65. The van der Waals surface area contributed by atoms with Crippen LogP contribution in [0, 0.1) is 0 Å². The molecule has 1 heterocycles. The molecule has 0 aromatic carbocycles. The molecule has 19 heavy (non-hydrogen) atoms. The van der Waals surface area contributed by atoms with Crippen LogP contribution in [0.25, 0.3) is 0 Å². The van der Waals surface area contributed by atoms with Crippen molar-refractivity contribution in [1.29, 1.82) is 0 Å². The lowest BCUT2D eigenvalue weighted by molar-refractivity contribution is 0.501. The van der Waals surface area contributed by atoms with Crippen molar-refractivity contribution in [3.8, 4) is 0 Å². The molecule has 1 aromatic rings. The first-order chi connectivity index (χ1) is 9.29. The van der Waals surface area contributed by atoms with Crippen molar-refractivity contribution in [1.82, 2.24) is 4.98 Å².